The summed E-state index contributed by atoms with van der Waals surface area (Å²) in [4.78, 5) is 73.0. The third-order valence-electron chi connectivity index (χ3n) is 18.4. The Labute approximate surface area is 612 Å². The van der Waals surface area contributed by atoms with Gasteiger partial charge in [0.25, 0.3) is 0 Å². The Hall–Kier alpha value is -2.46. The Morgan fingerprint density at radius 3 is 0.820 bits per heavy atom. The van der Waals surface area contributed by atoms with Crippen molar-refractivity contribution < 1.29 is 80.2 Å². The first kappa shape index (κ1) is 97.5. The Bertz CT molecular complexity index is 2000. The smallest absolute Gasteiger partial charge is 0.462 e. The number of aliphatic hydroxyl groups excluding tert-OH is 1. The number of aliphatic hydroxyl groups is 1. The molecule has 0 amide bonds. The van der Waals surface area contributed by atoms with Crippen LogP contribution < -0.4 is 0 Å². The van der Waals surface area contributed by atoms with E-state index in [2.05, 4.69) is 58.9 Å². The highest BCUT2D eigenvalue weighted by Crippen LogP contribution is 2.45. The zero-order chi connectivity index (χ0) is 73.4. The van der Waals surface area contributed by atoms with Gasteiger partial charge >= 0.3 is 39.5 Å². The minimum atomic E-state index is -4.97. The van der Waals surface area contributed by atoms with E-state index in [0.717, 1.165) is 109 Å². The van der Waals surface area contributed by atoms with Crippen LogP contribution in [0.5, 0.6) is 0 Å². The van der Waals surface area contributed by atoms with Crippen LogP contribution in [0.2, 0.25) is 0 Å². The van der Waals surface area contributed by atoms with Crippen LogP contribution in [-0.2, 0) is 65.4 Å². The Kier molecular flexibility index (Phi) is 71.6. The number of carbonyl (C=O) groups is 4. The number of hydrogen-bond donors (Lipinski definition) is 3. The molecule has 0 spiro atoms. The quantitative estimate of drug-likeness (QED) is 0.0169. The van der Waals surface area contributed by atoms with E-state index in [1.807, 2.05) is 0 Å². The van der Waals surface area contributed by atoms with E-state index in [4.69, 9.17) is 37.0 Å². The standard InChI is InChI=1S/C81H154O17P2/c1-6-9-12-15-18-21-24-27-30-32-33-34-37-40-43-46-51-57-62-67-80(85)97-76(70-91-78(83)64-59-54-49-44-41-38-36-31-28-25-22-19-16-13-10-7-2)72-95-99(87,88)93-68-75(82)69-94-100(89,90)96-73-77(71-92-79(84)65-60-55-52-47-48-53-58-63-74(4)5)98-81(86)66-61-56-50-45-42-39-35-29-26-23-20-17-14-11-8-3/h23,26,29,35,74-77,82H,6-22,24-25,27-28,30-34,36-73H2,1-5H3,(H,87,88)(H,89,90)/b26-23-,35-29-/t75-,76-,77-/m1/s1. The first-order valence-electron chi connectivity index (χ1n) is 41.5. The molecule has 17 nitrogen and oxygen atoms in total. The number of ether oxygens (including phenoxy) is 4. The van der Waals surface area contributed by atoms with Gasteiger partial charge in [-0.15, -0.1) is 0 Å². The molecule has 0 saturated carbocycles. The second-order valence-corrected chi connectivity index (χ2v) is 31.9. The van der Waals surface area contributed by atoms with Crippen LogP contribution >= 0.6 is 15.6 Å². The van der Waals surface area contributed by atoms with Crippen molar-refractivity contribution in [1.29, 1.82) is 0 Å². The van der Waals surface area contributed by atoms with E-state index < -0.39 is 97.5 Å². The highest BCUT2D eigenvalue weighted by atomic mass is 31.2. The van der Waals surface area contributed by atoms with Crippen LogP contribution in [0.1, 0.15) is 407 Å². The molecule has 3 N–H and O–H groups in total. The molecule has 0 bridgehead atoms. The molecule has 0 rings (SSSR count). The van der Waals surface area contributed by atoms with Gasteiger partial charge in [-0.25, -0.2) is 9.13 Å². The SMILES string of the molecule is CCCCCC/C=C\C=C/CCCCCCCC(=O)O[C@H](COC(=O)CCCCCCCCCC(C)C)COP(=O)(O)OC[C@H](O)COP(=O)(O)OC[C@@H](COC(=O)CCCCCCCCCCCCCCCCCC)OC(=O)CCCCCCCCCCCCCCCCCCCCC. The molecular weight excluding hydrogens is 1310 g/mol. The predicted octanol–water partition coefficient (Wildman–Crippen LogP) is 24.0. The summed E-state index contributed by atoms with van der Waals surface area (Å²) in [5.41, 5.74) is 0. The molecule has 5 atom stereocenters. The fourth-order valence-corrected chi connectivity index (χ4v) is 13.6. The molecule has 590 valence electrons. The maximum absolute atomic E-state index is 13.1. The fourth-order valence-electron chi connectivity index (χ4n) is 12.0. The van der Waals surface area contributed by atoms with Crippen LogP contribution in [0.15, 0.2) is 24.3 Å². The van der Waals surface area contributed by atoms with Crippen LogP contribution in [0.3, 0.4) is 0 Å². The van der Waals surface area contributed by atoms with Gasteiger partial charge in [0.1, 0.15) is 19.3 Å². The number of esters is 4. The molecule has 0 aliphatic carbocycles. The summed E-state index contributed by atoms with van der Waals surface area (Å²) in [6.45, 7) is 7.20. The van der Waals surface area contributed by atoms with Crippen molar-refractivity contribution in [3.05, 3.63) is 24.3 Å². The highest BCUT2D eigenvalue weighted by Gasteiger charge is 2.30. The number of phosphoric ester groups is 2. The lowest BCUT2D eigenvalue weighted by atomic mass is 10.0. The van der Waals surface area contributed by atoms with Crippen molar-refractivity contribution >= 4 is 39.5 Å². The van der Waals surface area contributed by atoms with Crippen molar-refractivity contribution in [2.45, 2.75) is 425 Å². The zero-order valence-corrected chi connectivity index (χ0v) is 66.6. The summed E-state index contributed by atoms with van der Waals surface area (Å²) < 4.78 is 68.7. The molecular formula is C81H154O17P2. The third-order valence-corrected chi connectivity index (χ3v) is 20.3. The number of hydrogen-bond acceptors (Lipinski definition) is 15. The Morgan fingerprint density at radius 1 is 0.310 bits per heavy atom. The van der Waals surface area contributed by atoms with Gasteiger partial charge in [-0.1, -0.05) is 354 Å². The molecule has 0 radical (unpaired) electrons. The molecule has 0 aliphatic rings. The summed E-state index contributed by atoms with van der Waals surface area (Å²) in [5.74, 6) is -1.44. The fraction of sp³-hybridized carbons (Fsp3) is 0.901. The van der Waals surface area contributed by atoms with E-state index in [0.29, 0.717) is 31.6 Å². The first-order valence-corrected chi connectivity index (χ1v) is 44.4. The molecule has 0 saturated heterocycles. The Balaban J connectivity index is 5.27. The minimum Gasteiger partial charge on any atom is -0.462 e. The molecule has 0 fully saturated rings. The minimum absolute atomic E-state index is 0.0847. The van der Waals surface area contributed by atoms with Crippen molar-refractivity contribution in [3.63, 3.8) is 0 Å². The van der Waals surface area contributed by atoms with Gasteiger partial charge in [-0.2, -0.15) is 0 Å². The van der Waals surface area contributed by atoms with Gasteiger partial charge < -0.3 is 33.8 Å². The van der Waals surface area contributed by atoms with Crippen molar-refractivity contribution in [2.75, 3.05) is 39.6 Å². The normalized spacial score (nSPS) is 14.0. The van der Waals surface area contributed by atoms with Gasteiger partial charge in [0.2, 0.25) is 0 Å². The lowest BCUT2D eigenvalue weighted by Crippen LogP contribution is -2.30. The van der Waals surface area contributed by atoms with Crippen LogP contribution in [0.25, 0.3) is 0 Å². The number of allylic oxidation sites excluding steroid dienone is 4. The lowest BCUT2D eigenvalue weighted by Gasteiger charge is -2.21. The van der Waals surface area contributed by atoms with E-state index in [-0.39, 0.29) is 25.7 Å². The van der Waals surface area contributed by atoms with E-state index >= 15 is 0 Å². The average Bonchev–Trinajstić information content (AvgIpc) is 0.917. The first-order chi connectivity index (χ1) is 48.5. The van der Waals surface area contributed by atoms with Gasteiger partial charge in [0.15, 0.2) is 12.2 Å². The second-order valence-electron chi connectivity index (χ2n) is 29.0. The van der Waals surface area contributed by atoms with Crippen LogP contribution in [0.4, 0.5) is 0 Å². The molecule has 19 heteroatoms. The summed E-state index contributed by atoms with van der Waals surface area (Å²) in [6, 6.07) is 0. The summed E-state index contributed by atoms with van der Waals surface area (Å²) >= 11 is 0. The average molecular weight is 1460 g/mol. The van der Waals surface area contributed by atoms with Gasteiger partial charge in [-0.3, -0.25) is 37.3 Å². The van der Waals surface area contributed by atoms with Gasteiger partial charge in [-0.05, 0) is 57.3 Å². The Morgan fingerprint density at radius 2 is 0.540 bits per heavy atom. The molecule has 0 aromatic rings. The maximum Gasteiger partial charge on any atom is 0.472 e. The molecule has 0 aromatic heterocycles. The second kappa shape index (κ2) is 73.4. The monoisotopic (exact) mass is 1460 g/mol. The number of carbonyl (C=O) groups excluding carboxylic acids is 4. The summed E-state index contributed by atoms with van der Waals surface area (Å²) in [6.07, 6.45) is 67.5. The van der Waals surface area contributed by atoms with Gasteiger partial charge in [0.05, 0.1) is 26.4 Å². The van der Waals surface area contributed by atoms with Crippen molar-refractivity contribution in [2.24, 2.45) is 5.92 Å². The van der Waals surface area contributed by atoms with Crippen LogP contribution in [0, 0.1) is 5.92 Å². The highest BCUT2D eigenvalue weighted by molar-refractivity contribution is 7.47. The number of unbranched alkanes of at least 4 members (excludes halogenated alkanes) is 48. The van der Waals surface area contributed by atoms with E-state index in [9.17, 15) is 43.2 Å². The summed E-state index contributed by atoms with van der Waals surface area (Å²) in [7, 11) is -9.93. The molecule has 0 aromatic carbocycles. The van der Waals surface area contributed by atoms with E-state index in [1.165, 1.54) is 212 Å². The molecule has 0 aliphatic heterocycles. The molecule has 0 heterocycles. The van der Waals surface area contributed by atoms with Crippen molar-refractivity contribution in [1.82, 2.24) is 0 Å². The zero-order valence-electron chi connectivity index (χ0n) is 64.8. The molecule has 100 heavy (non-hydrogen) atoms. The number of rotatable bonds is 79. The summed E-state index contributed by atoms with van der Waals surface area (Å²) in [5, 5.41) is 10.6. The largest absolute Gasteiger partial charge is 0.472 e. The van der Waals surface area contributed by atoms with Crippen LogP contribution in [-0.4, -0.2) is 96.7 Å². The topological polar surface area (TPSA) is 237 Å². The number of phosphoric acid groups is 2. The van der Waals surface area contributed by atoms with E-state index in [1.54, 1.807) is 0 Å². The molecule has 2 unspecified atom stereocenters. The maximum atomic E-state index is 13.1. The predicted molar refractivity (Wildman–Crippen MR) is 409 cm³/mol. The van der Waals surface area contributed by atoms with Gasteiger partial charge in [0, 0.05) is 25.7 Å². The lowest BCUT2D eigenvalue weighted by molar-refractivity contribution is -0.161. The third kappa shape index (κ3) is 73.8. The van der Waals surface area contributed by atoms with Crippen molar-refractivity contribution in [3.8, 4) is 0 Å².